The Hall–Kier alpha value is -1.28. The fourth-order valence-electron chi connectivity index (χ4n) is 2.46. The monoisotopic (exact) mass is 264 g/mol. The molecular weight excluding hydrogens is 248 g/mol. The largest absolute Gasteiger partial charge is 0.465 e. The number of carbonyl (C=O) groups excluding carboxylic acids is 1. The van der Waals surface area contributed by atoms with Crippen LogP contribution in [-0.2, 0) is 14.9 Å². The van der Waals surface area contributed by atoms with Crippen LogP contribution in [0.25, 0.3) is 0 Å². The van der Waals surface area contributed by atoms with E-state index in [1.165, 1.54) is 0 Å². The normalized spacial score (nSPS) is 26.9. The first-order chi connectivity index (χ1) is 8.71. The average molecular weight is 265 g/mol. The van der Waals surface area contributed by atoms with Gasteiger partial charge >= 0.3 is 5.97 Å². The average Bonchev–Trinajstić information content (AvgIpc) is 2.41. The van der Waals surface area contributed by atoms with E-state index in [9.17, 15) is 4.79 Å². The number of hydrogen-bond donors (Lipinski definition) is 0. The molecule has 0 aliphatic heterocycles. The summed E-state index contributed by atoms with van der Waals surface area (Å²) in [6.07, 6.45) is 5.46. The van der Waals surface area contributed by atoms with Crippen LogP contribution in [-0.4, -0.2) is 18.0 Å². The standard InChI is InChI=1S/C15H17ClO2/c1-2-18-14(17)15(11-7-6-10-13(15)16)12-8-4-3-5-9-12/h3-6,8-10,13H,2,7,11H2,1H3. The lowest BCUT2D eigenvalue weighted by atomic mass is 9.71. The van der Waals surface area contributed by atoms with Gasteiger partial charge < -0.3 is 4.74 Å². The maximum absolute atomic E-state index is 12.4. The van der Waals surface area contributed by atoms with Gasteiger partial charge in [-0.25, -0.2) is 0 Å². The van der Waals surface area contributed by atoms with Gasteiger partial charge in [0, 0.05) is 0 Å². The number of alkyl halides is 1. The zero-order valence-corrected chi connectivity index (χ0v) is 11.2. The van der Waals surface area contributed by atoms with Crippen molar-refractivity contribution in [2.45, 2.75) is 30.6 Å². The van der Waals surface area contributed by atoms with E-state index in [1.54, 1.807) is 0 Å². The molecule has 0 spiro atoms. The van der Waals surface area contributed by atoms with Gasteiger partial charge in [0.1, 0.15) is 5.41 Å². The van der Waals surface area contributed by atoms with Gasteiger partial charge in [0.25, 0.3) is 0 Å². The van der Waals surface area contributed by atoms with E-state index in [1.807, 2.05) is 49.4 Å². The van der Waals surface area contributed by atoms with E-state index in [0.29, 0.717) is 13.0 Å². The molecule has 2 rings (SSSR count). The number of allylic oxidation sites excluding steroid dienone is 2. The Labute approximate surface area is 113 Å². The summed E-state index contributed by atoms with van der Waals surface area (Å²) in [7, 11) is 0. The molecule has 0 N–H and O–H groups in total. The van der Waals surface area contributed by atoms with Crippen molar-refractivity contribution in [1.82, 2.24) is 0 Å². The maximum atomic E-state index is 12.4. The minimum Gasteiger partial charge on any atom is -0.465 e. The summed E-state index contributed by atoms with van der Waals surface area (Å²) in [5.41, 5.74) is 0.195. The third kappa shape index (κ3) is 2.17. The van der Waals surface area contributed by atoms with Gasteiger partial charge in [-0.15, -0.1) is 11.6 Å². The zero-order chi connectivity index (χ0) is 13.0. The predicted molar refractivity (Wildman–Crippen MR) is 72.8 cm³/mol. The summed E-state index contributed by atoms with van der Waals surface area (Å²) in [5.74, 6) is -0.222. The maximum Gasteiger partial charge on any atom is 0.318 e. The summed E-state index contributed by atoms with van der Waals surface area (Å²) in [5, 5.41) is -0.354. The van der Waals surface area contributed by atoms with Crippen LogP contribution in [0.1, 0.15) is 25.3 Å². The summed E-state index contributed by atoms with van der Waals surface area (Å²) in [4.78, 5) is 12.4. The molecule has 2 nitrogen and oxygen atoms in total. The smallest absolute Gasteiger partial charge is 0.318 e. The Bertz CT molecular complexity index is 441. The minimum atomic E-state index is -0.742. The molecule has 1 aromatic rings. The van der Waals surface area contributed by atoms with Crippen molar-refractivity contribution < 1.29 is 9.53 Å². The first kappa shape index (κ1) is 13.2. The van der Waals surface area contributed by atoms with Gasteiger partial charge in [-0.3, -0.25) is 4.79 Å². The van der Waals surface area contributed by atoms with Gasteiger partial charge in [-0.1, -0.05) is 42.5 Å². The number of hydrogen-bond acceptors (Lipinski definition) is 2. The van der Waals surface area contributed by atoms with Crippen molar-refractivity contribution in [3.8, 4) is 0 Å². The molecule has 1 aliphatic rings. The van der Waals surface area contributed by atoms with Gasteiger partial charge in [0.05, 0.1) is 12.0 Å². The lowest BCUT2D eigenvalue weighted by molar-refractivity contribution is -0.150. The first-order valence-electron chi connectivity index (χ1n) is 6.25. The van der Waals surface area contributed by atoms with Crippen molar-refractivity contribution >= 4 is 17.6 Å². The third-order valence-corrected chi connectivity index (χ3v) is 3.93. The molecule has 0 fully saturated rings. The fourth-order valence-corrected chi connectivity index (χ4v) is 2.89. The molecule has 18 heavy (non-hydrogen) atoms. The second-order valence-corrected chi connectivity index (χ2v) is 4.90. The fraction of sp³-hybridized carbons (Fsp3) is 0.400. The SMILES string of the molecule is CCOC(=O)C1(c2ccccc2)CCC=CC1Cl. The van der Waals surface area contributed by atoms with Crippen molar-refractivity contribution in [3.05, 3.63) is 48.0 Å². The Morgan fingerprint density at radius 2 is 2.17 bits per heavy atom. The second-order valence-electron chi connectivity index (χ2n) is 4.43. The Morgan fingerprint density at radius 3 is 2.78 bits per heavy atom. The van der Waals surface area contributed by atoms with E-state index in [-0.39, 0.29) is 11.3 Å². The predicted octanol–water partition coefficient (Wildman–Crippen LogP) is 3.44. The summed E-state index contributed by atoms with van der Waals surface area (Å²) < 4.78 is 5.25. The molecule has 0 heterocycles. The van der Waals surface area contributed by atoms with Crippen LogP contribution in [0, 0.1) is 0 Å². The lowest BCUT2D eigenvalue weighted by Gasteiger charge is -2.36. The molecule has 1 aromatic carbocycles. The van der Waals surface area contributed by atoms with E-state index >= 15 is 0 Å². The lowest BCUT2D eigenvalue weighted by Crippen LogP contribution is -2.46. The molecule has 2 atom stereocenters. The summed E-state index contributed by atoms with van der Waals surface area (Å²) >= 11 is 6.42. The van der Waals surface area contributed by atoms with Crippen molar-refractivity contribution in [3.63, 3.8) is 0 Å². The van der Waals surface area contributed by atoms with Crippen LogP contribution < -0.4 is 0 Å². The number of rotatable bonds is 3. The van der Waals surface area contributed by atoms with Crippen LogP contribution in [0.3, 0.4) is 0 Å². The highest BCUT2D eigenvalue weighted by molar-refractivity contribution is 6.24. The third-order valence-electron chi connectivity index (χ3n) is 3.41. The van der Waals surface area contributed by atoms with E-state index < -0.39 is 5.41 Å². The zero-order valence-electron chi connectivity index (χ0n) is 10.4. The molecule has 0 radical (unpaired) electrons. The molecule has 1 aliphatic carbocycles. The Morgan fingerprint density at radius 1 is 1.44 bits per heavy atom. The molecule has 0 saturated heterocycles. The summed E-state index contributed by atoms with van der Waals surface area (Å²) in [6.45, 7) is 2.19. The number of ether oxygens (including phenoxy) is 1. The number of halogens is 1. The molecule has 0 aromatic heterocycles. The van der Waals surface area contributed by atoms with Crippen LogP contribution in [0.5, 0.6) is 0 Å². The number of benzene rings is 1. The molecular formula is C15H17ClO2. The van der Waals surface area contributed by atoms with Gasteiger partial charge in [-0.2, -0.15) is 0 Å². The van der Waals surface area contributed by atoms with E-state index in [4.69, 9.17) is 16.3 Å². The van der Waals surface area contributed by atoms with E-state index in [0.717, 1.165) is 12.0 Å². The molecule has 0 bridgehead atoms. The van der Waals surface area contributed by atoms with Crippen molar-refractivity contribution in [2.75, 3.05) is 6.61 Å². The molecule has 2 unspecified atom stereocenters. The van der Waals surface area contributed by atoms with Crippen molar-refractivity contribution in [2.24, 2.45) is 0 Å². The highest BCUT2D eigenvalue weighted by Gasteiger charge is 2.47. The van der Waals surface area contributed by atoms with Crippen molar-refractivity contribution in [1.29, 1.82) is 0 Å². The summed E-state index contributed by atoms with van der Waals surface area (Å²) in [6, 6.07) is 9.69. The van der Waals surface area contributed by atoms with Crippen LogP contribution in [0.4, 0.5) is 0 Å². The van der Waals surface area contributed by atoms with Crippen LogP contribution >= 0.6 is 11.6 Å². The molecule has 96 valence electrons. The molecule has 3 heteroatoms. The topological polar surface area (TPSA) is 26.3 Å². The Kier molecular flexibility index (Phi) is 4.07. The first-order valence-corrected chi connectivity index (χ1v) is 6.69. The van der Waals surface area contributed by atoms with E-state index in [2.05, 4.69) is 0 Å². The van der Waals surface area contributed by atoms with Crippen LogP contribution in [0.15, 0.2) is 42.5 Å². The number of carbonyl (C=O) groups is 1. The van der Waals surface area contributed by atoms with Crippen LogP contribution in [0.2, 0.25) is 0 Å². The number of esters is 1. The van der Waals surface area contributed by atoms with Gasteiger partial charge in [0.15, 0.2) is 0 Å². The highest BCUT2D eigenvalue weighted by atomic mass is 35.5. The quantitative estimate of drug-likeness (QED) is 0.475. The second kappa shape index (κ2) is 5.57. The Balaban J connectivity index is 2.46. The molecule has 0 amide bonds. The molecule has 0 saturated carbocycles. The van der Waals surface area contributed by atoms with Gasteiger partial charge in [0.2, 0.25) is 0 Å². The minimum absolute atomic E-state index is 0.222. The highest BCUT2D eigenvalue weighted by Crippen LogP contribution is 2.40. The van der Waals surface area contributed by atoms with Gasteiger partial charge in [-0.05, 0) is 25.3 Å².